The molecular weight excluding hydrogens is 280 g/mol. The van der Waals surface area contributed by atoms with Gasteiger partial charge in [-0.15, -0.1) is 0 Å². The number of aromatic nitrogens is 1. The number of ether oxygens (including phenoxy) is 1. The van der Waals surface area contributed by atoms with Crippen molar-refractivity contribution < 1.29 is 14.3 Å². The van der Waals surface area contributed by atoms with E-state index in [4.69, 9.17) is 4.74 Å². The van der Waals surface area contributed by atoms with Gasteiger partial charge in [-0.25, -0.2) is 9.79 Å². The quantitative estimate of drug-likeness (QED) is 0.864. The first-order valence-corrected chi connectivity index (χ1v) is 7.13. The fourth-order valence-electron chi connectivity index (χ4n) is 2.81. The summed E-state index contributed by atoms with van der Waals surface area (Å²) < 4.78 is 5.09. The third-order valence-electron chi connectivity index (χ3n) is 3.78. The Kier molecular flexibility index (Phi) is 3.41. The predicted molar refractivity (Wildman–Crippen MR) is 81.0 cm³/mol. The highest BCUT2D eigenvalue weighted by atomic mass is 16.5. The Labute approximate surface area is 127 Å². The van der Waals surface area contributed by atoms with Crippen LogP contribution < -0.4 is 10.6 Å². The number of hydrogen-bond donors (Lipinski definition) is 1. The maximum atomic E-state index is 12.3. The van der Waals surface area contributed by atoms with Crippen LogP contribution in [0.1, 0.15) is 34.2 Å². The van der Waals surface area contributed by atoms with Gasteiger partial charge in [-0.05, 0) is 32.4 Å². The van der Waals surface area contributed by atoms with Gasteiger partial charge in [0.1, 0.15) is 0 Å². The van der Waals surface area contributed by atoms with Crippen LogP contribution in [-0.2, 0) is 9.53 Å². The Bertz CT molecular complexity index is 906. The molecule has 0 spiro atoms. The van der Waals surface area contributed by atoms with Crippen molar-refractivity contribution in [2.75, 3.05) is 6.61 Å². The highest BCUT2D eigenvalue weighted by molar-refractivity contribution is 6.21. The summed E-state index contributed by atoms with van der Waals surface area (Å²) in [5.41, 5.74) is 3.04. The smallest absolute Gasteiger partial charge is 0.340 e. The number of fused-ring (bicyclic) bond motifs is 1. The summed E-state index contributed by atoms with van der Waals surface area (Å²) in [4.78, 5) is 31.5. The molecule has 0 unspecified atom stereocenters. The minimum absolute atomic E-state index is 0.291. The van der Waals surface area contributed by atoms with Crippen LogP contribution in [0.5, 0.6) is 0 Å². The van der Waals surface area contributed by atoms with Gasteiger partial charge in [0.15, 0.2) is 0 Å². The summed E-state index contributed by atoms with van der Waals surface area (Å²) in [6.07, 6.45) is 0. The summed E-state index contributed by atoms with van der Waals surface area (Å²) in [6, 6.07) is 7.37. The number of aryl methyl sites for hydroxylation is 1. The van der Waals surface area contributed by atoms with Gasteiger partial charge in [-0.2, -0.15) is 0 Å². The molecule has 0 radical (unpaired) electrons. The average molecular weight is 296 g/mol. The molecule has 5 nitrogen and oxygen atoms in total. The van der Waals surface area contributed by atoms with Crippen molar-refractivity contribution in [1.82, 2.24) is 4.98 Å². The van der Waals surface area contributed by atoms with E-state index in [0.29, 0.717) is 40.1 Å². The number of esters is 1. The van der Waals surface area contributed by atoms with E-state index in [-0.39, 0.29) is 11.9 Å². The van der Waals surface area contributed by atoms with Crippen molar-refractivity contribution in [3.63, 3.8) is 0 Å². The zero-order valence-corrected chi connectivity index (χ0v) is 12.7. The first-order valence-electron chi connectivity index (χ1n) is 7.13. The molecule has 1 aliphatic rings. The molecule has 0 atom stereocenters. The number of benzene rings is 1. The minimum Gasteiger partial charge on any atom is -0.462 e. The van der Waals surface area contributed by atoms with Crippen LogP contribution in [0.15, 0.2) is 29.3 Å². The molecule has 1 aromatic heterocycles. The minimum atomic E-state index is -0.378. The van der Waals surface area contributed by atoms with Gasteiger partial charge >= 0.3 is 5.97 Å². The molecule has 2 heterocycles. The van der Waals surface area contributed by atoms with Crippen LogP contribution in [0.3, 0.4) is 0 Å². The standard InChI is InChI=1S/C17H16N2O3/c1-4-22-17(21)13-9(2)15(18-10(13)3)14-11-7-5-6-8-12(11)19-16(14)20/h5-8,18H,4H2,1-3H3. The molecule has 1 aromatic carbocycles. The number of amides is 1. The van der Waals surface area contributed by atoms with Crippen molar-refractivity contribution in [2.45, 2.75) is 20.8 Å². The van der Waals surface area contributed by atoms with Gasteiger partial charge in [-0.3, -0.25) is 4.79 Å². The van der Waals surface area contributed by atoms with Crippen LogP contribution >= 0.6 is 0 Å². The van der Waals surface area contributed by atoms with Crippen LogP contribution in [0, 0.1) is 13.8 Å². The van der Waals surface area contributed by atoms with Gasteiger partial charge < -0.3 is 9.72 Å². The average Bonchev–Trinajstić information content (AvgIpc) is 2.95. The van der Waals surface area contributed by atoms with Crippen molar-refractivity contribution in [3.8, 4) is 0 Å². The lowest BCUT2D eigenvalue weighted by Crippen LogP contribution is -2.22. The molecule has 5 heteroatoms. The zero-order valence-electron chi connectivity index (χ0n) is 12.7. The van der Waals surface area contributed by atoms with Gasteiger partial charge in [0.05, 0.1) is 28.8 Å². The second kappa shape index (κ2) is 5.26. The Morgan fingerprint density at radius 3 is 2.73 bits per heavy atom. The van der Waals surface area contributed by atoms with Crippen LogP contribution in [-0.4, -0.2) is 23.5 Å². The van der Waals surface area contributed by atoms with E-state index in [2.05, 4.69) is 9.98 Å². The van der Waals surface area contributed by atoms with Gasteiger partial charge in [0.25, 0.3) is 5.91 Å². The third-order valence-corrected chi connectivity index (χ3v) is 3.78. The van der Waals surface area contributed by atoms with E-state index >= 15 is 0 Å². The zero-order chi connectivity index (χ0) is 15.9. The van der Waals surface area contributed by atoms with Crippen LogP contribution in [0.25, 0.3) is 5.57 Å². The summed E-state index contributed by atoms with van der Waals surface area (Å²) >= 11 is 0. The van der Waals surface area contributed by atoms with E-state index in [1.54, 1.807) is 19.9 Å². The normalized spacial score (nSPS) is 13.0. The van der Waals surface area contributed by atoms with Crippen molar-refractivity contribution in [2.24, 2.45) is 4.99 Å². The molecule has 0 aliphatic carbocycles. The summed E-state index contributed by atoms with van der Waals surface area (Å²) in [7, 11) is 0. The molecule has 1 N–H and O–H groups in total. The number of carbonyl (C=O) groups excluding carboxylic acids is 2. The van der Waals surface area contributed by atoms with E-state index in [9.17, 15) is 9.59 Å². The second-order valence-corrected chi connectivity index (χ2v) is 5.15. The molecule has 0 bridgehead atoms. The maximum absolute atomic E-state index is 12.3. The summed E-state index contributed by atoms with van der Waals surface area (Å²) in [5.74, 6) is -0.669. The van der Waals surface area contributed by atoms with Crippen molar-refractivity contribution >= 4 is 17.4 Å². The SMILES string of the molecule is CCOC(=O)c1c(C)[nH]c(C2=c3ccccc3=NC2=O)c1C. The van der Waals surface area contributed by atoms with Gasteiger partial charge in [-0.1, -0.05) is 18.2 Å². The monoisotopic (exact) mass is 296 g/mol. The Balaban J connectivity index is 2.24. The van der Waals surface area contributed by atoms with Crippen LogP contribution in [0.4, 0.5) is 0 Å². The largest absolute Gasteiger partial charge is 0.462 e. The molecule has 3 rings (SSSR count). The van der Waals surface area contributed by atoms with Gasteiger partial charge in [0, 0.05) is 10.9 Å². The number of rotatable bonds is 3. The van der Waals surface area contributed by atoms with Crippen molar-refractivity contribution in [1.29, 1.82) is 0 Å². The van der Waals surface area contributed by atoms with E-state index < -0.39 is 0 Å². The summed E-state index contributed by atoms with van der Waals surface area (Å²) in [5, 5.41) is 1.44. The maximum Gasteiger partial charge on any atom is 0.340 e. The number of nitrogens with one attached hydrogen (secondary N) is 1. The second-order valence-electron chi connectivity index (χ2n) is 5.15. The first kappa shape index (κ1) is 14.3. The molecule has 0 saturated carbocycles. The lowest BCUT2D eigenvalue weighted by atomic mass is 10.0. The fraction of sp³-hybridized carbons (Fsp3) is 0.235. The van der Waals surface area contributed by atoms with E-state index in [1.807, 2.05) is 25.1 Å². The highest BCUT2D eigenvalue weighted by Gasteiger charge is 2.26. The predicted octanol–water partition coefficient (Wildman–Crippen LogP) is 1.17. The highest BCUT2D eigenvalue weighted by Crippen LogP contribution is 2.25. The van der Waals surface area contributed by atoms with E-state index in [1.165, 1.54) is 0 Å². The number of para-hydroxylation sites is 1. The van der Waals surface area contributed by atoms with Crippen LogP contribution in [0.2, 0.25) is 0 Å². The number of nitrogens with zero attached hydrogens (tertiary/aromatic N) is 1. The molecule has 0 saturated heterocycles. The molecule has 2 aromatic rings. The number of H-pyrrole nitrogens is 1. The lowest BCUT2D eigenvalue weighted by Gasteiger charge is -2.03. The topological polar surface area (TPSA) is 71.5 Å². The lowest BCUT2D eigenvalue weighted by molar-refractivity contribution is -0.112. The molecular formula is C17H16N2O3. The molecule has 1 amide bonds. The Morgan fingerprint density at radius 1 is 1.27 bits per heavy atom. The Hall–Kier alpha value is -2.69. The Morgan fingerprint density at radius 2 is 2.00 bits per heavy atom. The van der Waals surface area contributed by atoms with Crippen molar-refractivity contribution in [3.05, 3.63) is 57.4 Å². The molecule has 22 heavy (non-hydrogen) atoms. The summed E-state index contributed by atoms with van der Waals surface area (Å²) in [6.45, 7) is 5.69. The first-order chi connectivity index (χ1) is 10.5. The molecule has 112 valence electrons. The fourth-order valence-corrected chi connectivity index (χ4v) is 2.81. The molecule has 1 aliphatic heterocycles. The third kappa shape index (κ3) is 2.06. The van der Waals surface area contributed by atoms with Gasteiger partial charge in [0.2, 0.25) is 0 Å². The number of aromatic amines is 1. The number of carbonyl (C=O) groups is 2. The number of hydrogen-bond acceptors (Lipinski definition) is 3. The van der Waals surface area contributed by atoms with E-state index in [0.717, 1.165) is 5.22 Å². The molecule has 0 fully saturated rings.